The second-order valence-electron chi connectivity index (χ2n) is 4.98. The predicted molar refractivity (Wildman–Crippen MR) is 88.5 cm³/mol. The van der Waals surface area contributed by atoms with E-state index in [1.54, 1.807) is 6.20 Å². The summed E-state index contributed by atoms with van der Waals surface area (Å²) >= 11 is 3.42. The van der Waals surface area contributed by atoms with Crippen LogP contribution in [0.5, 0.6) is 0 Å². The summed E-state index contributed by atoms with van der Waals surface area (Å²) in [6, 6.07) is 15.6. The Kier molecular flexibility index (Phi) is 3.76. The molecule has 0 amide bonds. The van der Waals surface area contributed by atoms with Crippen LogP contribution in [0.1, 0.15) is 21.5 Å². The van der Waals surface area contributed by atoms with Crippen molar-refractivity contribution >= 4 is 21.7 Å². The van der Waals surface area contributed by atoms with Crippen molar-refractivity contribution in [1.29, 1.82) is 0 Å². The quantitative estimate of drug-likeness (QED) is 0.670. The van der Waals surface area contributed by atoms with E-state index in [0.717, 1.165) is 21.2 Å². The number of carbonyl (C=O) groups excluding carboxylic acids is 1. The number of carbonyl (C=O) groups is 1. The minimum atomic E-state index is 0.0363. The van der Waals surface area contributed by atoms with Gasteiger partial charge in [-0.2, -0.15) is 0 Å². The van der Waals surface area contributed by atoms with Crippen molar-refractivity contribution in [3.63, 3.8) is 0 Å². The van der Waals surface area contributed by atoms with Crippen LogP contribution < -0.4 is 0 Å². The molecule has 0 aliphatic heterocycles. The molecule has 0 saturated carbocycles. The summed E-state index contributed by atoms with van der Waals surface area (Å²) in [6.45, 7) is 2.01. The maximum Gasteiger partial charge on any atom is 0.195 e. The third-order valence-corrected chi connectivity index (χ3v) is 3.99. The average molecular weight is 340 g/mol. The third-order valence-electron chi connectivity index (χ3n) is 3.46. The molecule has 104 valence electrons. The van der Waals surface area contributed by atoms with Gasteiger partial charge in [0.05, 0.1) is 0 Å². The SMILES string of the molecule is Cc1ccc(C(=O)c2c[nH]cc2-c2ccc(Br)cc2)cc1. The maximum absolute atomic E-state index is 12.7. The fourth-order valence-corrected chi connectivity index (χ4v) is 2.54. The number of benzene rings is 2. The van der Waals surface area contributed by atoms with E-state index >= 15 is 0 Å². The number of H-pyrrole nitrogens is 1. The topological polar surface area (TPSA) is 32.9 Å². The summed E-state index contributed by atoms with van der Waals surface area (Å²) < 4.78 is 1.02. The lowest BCUT2D eigenvalue weighted by atomic mass is 9.98. The van der Waals surface area contributed by atoms with E-state index in [4.69, 9.17) is 0 Å². The first-order chi connectivity index (χ1) is 10.1. The first-order valence-corrected chi connectivity index (χ1v) is 7.48. The van der Waals surface area contributed by atoms with Crippen LogP contribution in [0.3, 0.4) is 0 Å². The second-order valence-corrected chi connectivity index (χ2v) is 5.90. The van der Waals surface area contributed by atoms with Crippen molar-refractivity contribution in [2.24, 2.45) is 0 Å². The summed E-state index contributed by atoms with van der Waals surface area (Å²) in [5.41, 5.74) is 4.50. The third kappa shape index (κ3) is 2.83. The van der Waals surface area contributed by atoms with Gasteiger partial charge in [0.25, 0.3) is 0 Å². The van der Waals surface area contributed by atoms with E-state index in [1.807, 2.05) is 61.7 Å². The Hall–Kier alpha value is -2.13. The number of nitrogens with one attached hydrogen (secondary N) is 1. The molecule has 3 heteroatoms. The molecule has 0 fully saturated rings. The van der Waals surface area contributed by atoms with Crippen molar-refractivity contribution in [3.8, 4) is 11.1 Å². The molecular weight excluding hydrogens is 326 g/mol. The van der Waals surface area contributed by atoms with E-state index < -0.39 is 0 Å². The number of aryl methyl sites for hydroxylation is 1. The molecule has 1 aromatic heterocycles. The van der Waals surface area contributed by atoms with Gasteiger partial charge in [0.1, 0.15) is 0 Å². The number of rotatable bonds is 3. The molecule has 0 saturated heterocycles. The van der Waals surface area contributed by atoms with E-state index in [1.165, 1.54) is 0 Å². The molecule has 0 unspecified atom stereocenters. The molecule has 0 radical (unpaired) electrons. The lowest BCUT2D eigenvalue weighted by molar-refractivity contribution is 0.103. The molecule has 0 aliphatic rings. The first-order valence-electron chi connectivity index (χ1n) is 6.69. The number of halogens is 1. The molecule has 0 aliphatic carbocycles. The van der Waals surface area contributed by atoms with Gasteiger partial charge in [-0.05, 0) is 24.6 Å². The molecule has 21 heavy (non-hydrogen) atoms. The summed E-state index contributed by atoms with van der Waals surface area (Å²) in [4.78, 5) is 15.7. The van der Waals surface area contributed by atoms with E-state index in [9.17, 15) is 4.79 Å². The Morgan fingerprint density at radius 2 is 1.62 bits per heavy atom. The van der Waals surface area contributed by atoms with Gasteiger partial charge in [0.2, 0.25) is 0 Å². The predicted octanol–water partition coefficient (Wildman–Crippen LogP) is 4.98. The highest BCUT2D eigenvalue weighted by Gasteiger charge is 2.15. The minimum absolute atomic E-state index is 0.0363. The van der Waals surface area contributed by atoms with Crippen LogP contribution in [-0.2, 0) is 0 Å². The van der Waals surface area contributed by atoms with Gasteiger partial charge >= 0.3 is 0 Å². The standard InChI is InChI=1S/C18H14BrNO/c1-12-2-4-14(5-3-12)18(21)17-11-20-10-16(17)13-6-8-15(19)9-7-13/h2-11,20H,1H3. The Balaban J connectivity index is 2.00. The zero-order valence-corrected chi connectivity index (χ0v) is 13.1. The van der Waals surface area contributed by atoms with Crippen LogP contribution in [-0.4, -0.2) is 10.8 Å². The molecule has 0 spiro atoms. The van der Waals surface area contributed by atoms with Gasteiger partial charge in [-0.25, -0.2) is 0 Å². The normalized spacial score (nSPS) is 10.6. The van der Waals surface area contributed by atoms with Crippen molar-refractivity contribution in [2.75, 3.05) is 0 Å². The van der Waals surface area contributed by atoms with Gasteiger partial charge in [0, 0.05) is 33.6 Å². The average Bonchev–Trinajstić information content (AvgIpc) is 2.97. The molecule has 1 heterocycles. The summed E-state index contributed by atoms with van der Waals surface area (Å²) in [5.74, 6) is 0.0363. The molecule has 2 nitrogen and oxygen atoms in total. The van der Waals surface area contributed by atoms with Crippen LogP contribution in [0.25, 0.3) is 11.1 Å². The fraction of sp³-hybridized carbons (Fsp3) is 0.0556. The molecule has 0 atom stereocenters. The first kappa shape index (κ1) is 13.8. The number of aromatic amines is 1. The lowest BCUT2D eigenvalue weighted by Crippen LogP contribution is -2.01. The Bertz CT molecular complexity index is 770. The second kappa shape index (κ2) is 5.70. The van der Waals surface area contributed by atoms with Crippen LogP contribution in [0.15, 0.2) is 65.4 Å². The maximum atomic E-state index is 12.7. The molecule has 3 aromatic rings. The van der Waals surface area contributed by atoms with Crippen molar-refractivity contribution in [3.05, 3.63) is 82.1 Å². The number of hydrogen-bond donors (Lipinski definition) is 1. The van der Waals surface area contributed by atoms with Gasteiger partial charge in [-0.15, -0.1) is 0 Å². The number of hydrogen-bond acceptors (Lipinski definition) is 1. The van der Waals surface area contributed by atoms with E-state index in [0.29, 0.717) is 11.1 Å². The Labute approximate surface area is 132 Å². The van der Waals surface area contributed by atoms with Crippen molar-refractivity contribution in [2.45, 2.75) is 6.92 Å². The monoisotopic (exact) mass is 339 g/mol. The molecule has 0 bridgehead atoms. The van der Waals surface area contributed by atoms with E-state index in [2.05, 4.69) is 20.9 Å². The largest absolute Gasteiger partial charge is 0.366 e. The van der Waals surface area contributed by atoms with Crippen LogP contribution in [0.4, 0.5) is 0 Å². The van der Waals surface area contributed by atoms with Crippen molar-refractivity contribution < 1.29 is 4.79 Å². The van der Waals surface area contributed by atoms with E-state index in [-0.39, 0.29) is 5.78 Å². The lowest BCUT2D eigenvalue weighted by Gasteiger charge is -2.05. The van der Waals surface area contributed by atoms with Crippen molar-refractivity contribution in [1.82, 2.24) is 4.98 Å². The van der Waals surface area contributed by atoms with Crippen LogP contribution >= 0.6 is 15.9 Å². The van der Waals surface area contributed by atoms with Gasteiger partial charge < -0.3 is 4.98 Å². The zero-order valence-electron chi connectivity index (χ0n) is 11.6. The van der Waals surface area contributed by atoms with Gasteiger partial charge in [0.15, 0.2) is 5.78 Å². The Morgan fingerprint density at radius 1 is 0.952 bits per heavy atom. The summed E-state index contributed by atoms with van der Waals surface area (Å²) in [5, 5.41) is 0. The van der Waals surface area contributed by atoms with Crippen LogP contribution in [0, 0.1) is 6.92 Å². The zero-order chi connectivity index (χ0) is 14.8. The number of ketones is 1. The molecule has 3 rings (SSSR count). The molecular formula is C18H14BrNO. The summed E-state index contributed by atoms with van der Waals surface area (Å²) in [7, 11) is 0. The molecule has 1 N–H and O–H groups in total. The molecule has 2 aromatic carbocycles. The highest BCUT2D eigenvalue weighted by Crippen LogP contribution is 2.27. The Morgan fingerprint density at radius 3 is 2.29 bits per heavy atom. The minimum Gasteiger partial charge on any atom is -0.366 e. The highest BCUT2D eigenvalue weighted by molar-refractivity contribution is 9.10. The highest BCUT2D eigenvalue weighted by atomic mass is 79.9. The van der Waals surface area contributed by atoms with Gasteiger partial charge in [-0.1, -0.05) is 57.9 Å². The van der Waals surface area contributed by atoms with Crippen LogP contribution in [0.2, 0.25) is 0 Å². The summed E-state index contributed by atoms with van der Waals surface area (Å²) in [6.07, 6.45) is 3.63. The van der Waals surface area contributed by atoms with Gasteiger partial charge in [-0.3, -0.25) is 4.79 Å². The fourth-order valence-electron chi connectivity index (χ4n) is 2.28. The number of aromatic nitrogens is 1. The smallest absolute Gasteiger partial charge is 0.195 e.